The molecule has 1 heterocycles. The van der Waals surface area contributed by atoms with Crippen LogP contribution >= 0.6 is 0 Å². The number of rotatable bonds is 3. The maximum Gasteiger partial charge on any atom is 0.267 e. The number of nitrogens with zero attached hydrogens (tertiary/aromatic N) is 3. The molecule has 146 valence electrons. The highest BCUT2D eigenvalue weighted by Gasteiger charge is 2.27. The van der Waals surface area contributed by atoms with Crippen molar-refractivity contribution in [3.8, 4) is 5.75 Å². The molecule has 0 aliphatic heterocycles. The number of anilines is 2. The fourth-order valence-electron chi connectivity index (χ4n) is 3.14. The summed E-state index contributed by atoms with van der Waals surface area (Å²) in [6.07, 6.45) is 0. The number of benzene rings is 2. The molecule has 6 nitrogen and oxygen atoms in total. The number of halogens is 2. The maximum atomic E-state index is 14.1. The second kappa shape index (κ2) is 6.95. The summed E-state index contributed by atoms with van der Waals surface area (Å²) >= 11 is 0. The van der Waals surface area contributed by atoms with Crippen molar-refractivity contribution in [2.45, 2.75) is 0 Å². The molecule has 8 heteroatoms. The minimum Gasteiger partial charge on any atom is -0.506 e. The van der Waals surface area contributed by atoms with Gasteiger partial charge in [-0.05, 0) is 24.3 Å². The molecular formula is C20H19F2N3O3. The van der Waals surface area contributed by atoms with Crippen LogP contribution in [-0.2, 0) is 7.05 Å². The van der Waals surface area contributed by atoms with Crippen molar-refractivity contribution in [3.05, 3.63) is 63.9 Å². The number of carbonyl (C=O) groups excluding carboxylic acids is 1. The average molecular weight is 387 g/mol. The van der Waals surface area contributed by atoms with E-state index in [0.717, 1.165) is 23.1 Å². The molecule has 0 bridgehead atoms. The zero-order chi connectivity index (χ0) is 20.7. The lowest BCUT2D eigenvalue weighted by Crippen LogP contribution is -2.34. The standard InChI is InChI=1S/C20H19F2N3O3/c1-23(2)13-6-5-7-14-16(13)18(26)17(19(27)24(14)3)20(28)25(4)15-10-11(21)8-9-12(15)22/h5-10,26H,1-4H3. The van der Waals surface area contributed by atoms with E-state index in [2.05, 4.69) is 0 Å². The Labute approximate surface area is 159 Å². The molecule has 0 unspecified atom stereocenters. The molecule has 2 aromatic carbocycles. The highest BCUT2D eigenvalue weighted by Crippen LogP contribution is 2.35. The molecule has 0 radical (unpaired) electrons. The molecular weight excluding hydrogens is 368 g/mol. The smallest absolute Gasteiger partial charge is 0.267 e. The van der Waals surface area contributed by atoms with Crippen LogP contribution in [0.25, 0.3) is 10.9 Å². The lowest BCUT2D eigenvalue weighted by Gasteiger charge is -2.22. The molecule has 0 aliphatic carbocycles. The number of amides is 1. The van der Waals surface area contributed by atoms with Gasteiger partial charge in [0.2, 0.25) is 0 Å². The van der Waals surface area contributed by atoms with Crippen molar-refractivity contribution in [3.63, 3.8) is 0 Å². The van der Waals surface area contributed by atoms with Gasteiger partial charge in [-0.15, -0.1) is 0 Å². The van der Waals surface area contributed by atoms with Crippen molar-refractivity contribution in [1.82, 2.24) is 4.57 Å². The zero-order valence-corrected chi connectivity index (χ0v) is 15.8. The zero-order valence-electron chi connectivity index (χ0n) is 15.8. The number of hydrogen-bond donors (Lipinski definition) is 1. The molecule has 0 atom stereocenters. The third kappa shape index (κ3) is 2.96. The molecule has 1 amide bonds. The average Bonchev–Trinajstić information content (AvgIpc) is 2.66. The van der Waals surface area contributed by atoms with Crippen LogP contribution in [0.5, 0.6) is 5.75 Å². The van der Waals surface area contributed by atoms with Gasteiger partial charge in [-0.25, -0.2) is 8.78 Å². The van der Waals surface area contributed by atoms with E-state index in [1.54, 1.807) is 37.2 Å². The van der Waals surface area contributed by atoms with Crippen LogP contribution in [0, 0.1) is 11.6 Å². The van der Waals surface area contributed by atoms with Crippen LogP contribution in [0.1, 0.15) is 10.4 Å². The maximum absolute atomic E-state index is 14.1. The molecule has 28 heavy (non-hydrogen) atoms. The van der Waals surface area contributed by atoms with Crippen LogP contribution in [0.2, 0.25) is 0 Å². The third-order valence-corrected chi connectivity index (χ3v) is 4.64. The van der Waals surface area contributed by atoms with E-state index in [9.17, 15) is 23.5 Å². The fraction of sp³-hybridized carbons (Fsp3) is 0.200. The van der Waals surface area contributed by atoms with E-state index in [-0.39, 0.29) is 5.69 Å². The van der Waals surface area contributed by atoms with E-state index >= 15 is 0 Å². The summed E-state index contributed by atoms with van der Waals surface area (Å²) < 4.78 is 28.8. The van der Waals surface area contributed by atoms with Gasteiger partial charge in [0.1, 0.15) is 22.9 Å². The third-order valence-electron chi connectivity index (χ3n) is 4.64. The van der Waals surface area contributed by atoms with Crippen molar-refractivity contribution in [2.24, 2.45) is 7.05 Å². The van der Waals surface area contributed by atoms with Gasteiger partial charge in [-0.2, -0.15) is 0 Å². The normalized spacial score (nSPS) is 10.9. The number of hydrogen-bond acceptors (Lipinski definition) is 4. The first-order valence-electron chi connectivity index (χ1n) is 8.40. The predicted molar refractivity (Wildman–Crippen MR) is 104 cm³/mol. The van der Waals surface area contributed by atoms with Gasteiger partial charge in [0.25, 0.3) is 11.5 Å². The first kappa shape index (κ1) is 19.3. The Morgan fingerprint density at radius 2 is 1.75 bits per heavy atom. The van der Waals surface area contributed by atoms with Gasteiger partial charge >= 0.3 is 0 Å². The quantitative estimate of drug-likeness (QED) is 0.751. The van der Waals surface area contributed by atoms with Crippen LogP contribution < -0.4 is 15.4 Å². The van der Waals surface area contributed by atoms with Crippen molar-refractivity contribution < 1.29 is 18.7 Å². The first-order valence-corrected chi connectivity index (χ1v) is 8.40. The summed E-state index contributed by atoms with van der Waals surface area (Å²) in [6, 6.07) is 7.77. The van der Waals surface area contributed by atoms with Gasteiger partial charge in [-0.1, -0.05) is 6.07 Å². The summed E-state index contributed by atoms with van der Waals surface area (Å²) in [4.78, 5) is 28.3. The monoisotopic (exact) mass is 387 g/mol. The summed E-state index contributed by atoms with van der Waals surface area (Å²) in [7, 11) is 6.20. The number of carbonyl (C=O) groups is 1. The van der Waals surface area contributed by atoms with Crippen molar-refractivity contribution in [2.75, 3.05) is 30.9 Å². The molecule has 1 aromatic heterocycles. The van der Waals surface area contributed by atoms with Crippen LogP contribution in [-0.4, -0.2) is 36.7 Å². The SMILES string of the molecule is CN(C)c1cccc2c1c(O)c(C(=O)N(C)c1cc(F)ccc1F)c(=O)n2C. The number of aromatic hydroxyl groups is 1. The number of pyridine rings is 1. The van der Waals surface area contributed by atoms with E-state index < -0.39 is 34.4 Å². The van der Waals surface area contributed by atoms with E-state index in [1.165, 1.54) is 18.7 Å². The highest BCUT2D eigenvalue weighted by atomic mass is 19.1. The molecule has 1 N–H and O–H groups in total. The topological polar surface area (TPSA) is 65.8 Å². The predicted octanol–water partition coefficient (Wildman–Crippen LogP) is 2.86. The molecule has 0 saturated carbocycles. The molecule has 0 spiro atoms. The Balaban J connectivity index is 2.28. The Morgan fingerprint density at radius 3 is 2.39 bits per heavy atom. The Hall–Kier alpha value is -3.42. The summed E-state index contributed by atoms with van der Waals surface area (Å²) in [5.41, 5.74) is -0.568. The molecule has 3 aromatic rings. The lowest BCUT2D eigenvalue weighted by atomic mass is 10.1. The number of aromatic nitrogens is 1. The van der Waals surface area contributed by atoms with Crippen molar-refractivity contribution >= 4 is 28.2 Å². The van der Waals surface area contributed by atoms with E-state index in [4.69, 9.17) is 0 Å². The Kier molecular flexibility index (Phi) is 4.80. The van der Waals surface area contributed by atoms with Crippen LogP contribution in [0.15, 0.2) is 41.2 Å². The lowest BCUT2D eigenvalue weighted by molar-refractivity contribution is 0.0988. The second-order valence-corrected chi connectivity index (χ2v) is 6.61. The molecule has 0 aliphatic rings. The van der Waals surface area contributed by atoms with E-state index in [0.29, 0.717) is 16.6 Å². The largest absolute Gasteiger partial charge is 0.506 e. The van der Waals surface area contributed by atoms with Gasteiger partial charge < -0.3 is 19.5 Å². The number of fused-ring (bicyclic) bond motifs is 1. The Morgan fingerprint density at radius 1 is 1.07 bits per heavy atom. The fourth-order valence-corrected chi connectivity index (χ4v) is 3.14. The van der Waals surface area contributed by atoms with Gasteiger partial charge in [0, 0.05) is 39.9 Å². The van der Waals surface area contributed by atoms with Crippen LogP contribution in [0.3, 0.4) is 0 Å². The minimum atomic E-state index is -0.946. The summed E-state index contributed by atoms with van der Waals surface area (Å²) in [5.74, 6) is -3.01. The summed E-state index contributed by atoms with van der Waals surface area (Å²) in [6.45, 7) is 0. The van der Waals surface area contributed by atoms with Crippen LogP contribution in [0.4, 0.5) is 20.2 Å². The minimum absolute atomic E-state index is 0.311. The van der Waals surface area contributed by atoms with Crippen molar-refractivity contribution in [1.29, 1.82) is 0 Å². The molecule has 3 rings (SSSR count). The molecule has 0 saturated heterocycles. The first-order chi connectivity index (χ1) is 13.1. The van der Waals surface area contributed by atoms with Gasteiger partial charge in [0.05, 0.1) is 16.6 Å². The molecule has 0 fully saturated rings. The van der Waals surface area contributed by atoms with E-state index in [1.807, 2.05) is 0 Å². The Bertz CT molecular complexity index is 1160. The van der Waals surface area contributed by atoms with Gasteiger partial charge in [-0.3, -0.25) is 9.59 Å². The highest BCUT2D eigenvalue weighted by molar-refractivity contribution is 6.12. The summed E-state index contributed by atoms with van der Waals surface area (Å²) in [5, 5.41) is 11.1. The van der Waals surface area contributed by atoms with Gasteiger partial charge in [0.15, 0.2) is 0 Å². The number of aryl methyl sites for hydroxylation is 1. The second-order valence-electron chi connectivity index (χ2n) is 6.61.